The molecule has 23 heavy (non-hydrogen) atoms. The van der Waals surface area contributed by atoms with E-state index >= 15 is 0 Å². The molecule has 0 radical (unpaired) electrons. The van der Waals surface area contributed by atoms with Crippen LogP contribution in [0, 0.1) is 5.92 Å². The van der Waals surface area contributed by atoms with Crippen molar-refractivity contribution in [3.63, 3.8) is 0 Å². The Balaban J connectivity index is 1.98. The molecule has 1 aromatic rings. The van der Waals surface area contributed by atoms with Crippen LogP contribution in [0.2, 0.25) is 0 Å². The van der Waals surface area contributed by atoms with E-state index in [0.29, 0.717) is 13.1 Å². The Kier molecular flexibility index (Phi) is 6.02. The van der Waals surface area contributed by atoms with Crippen molar-refractivity contribution in [2.45, 2.75) is 38.5 Å². The normalized spacial score (nSPS) is 16.9. The monoisotopic (exact) mass is 319 g/mol. The van der Waals surface area contributed by atoms with Crippen LogP contribution in [0.5, 0.6) is 5.75 Å². The predicted molar refractivity (Wildman–Crippen MR) is 87.6 cm³/mol. The summed E-state index contributed by atoms with van der Waals surface area (Å²) in [5.41, 5.74) is 1.01. The molecule has 1 saturated heterocycles. The fourth-order valence-electron chi connectivity index (χ4n) is 3.21. The van der Waals surface area contributed by atoms with Crippen molar-refractivity contribution in [2.24, 2.45) is 5.92 Å². The molecule has 1 aliphatic heterocycles. The number of carbonyl (C=O) groups is 2. The first-order chi connectivity index (χ1) is 11.0. The maximum atomic E-state index is 12.8. The smallest absolute Gasteiger partial charge is 0.303 e. The fourth-order valence-corrected chi connectivity index (χ4v) is 3.21. The lowest BCUT2D eigenvalue weighted by Crippen LogP contribution is -2.41. The van der Waals surface area contributed by atoms with E-state index in [1.54, 1.807) is 7.11 Å². The summed E-state index contributed by atoms with van der Waals surface area (Å²) in [5.74, 6) is 0.228. The van der Waals surface area contributed by atoms with E-state index in [2.05, 4.69) is 0 Å². The van der Waals surface area contributed by atoms with Crippen molar-refractivity contribution in [1.82, 2.24) is 4.90 Å². The summed E-state index contributed by atoms with van der Waals surface area (Å²) in [6, 6.07) is 7.65. The number of likely N-dealkylation sites (tertiary alicyclic amines) is 1. The van der Waals surface area contributed by atoms with E-state index in [9.17, 15) is 9.59 Å². The van der Waals surface area contributed by atoms with Crippen molar-refractivity contribution < 1.29 is 19.4 Å². The number of hydrogen-bond acceptors (Lipinski definition) is 3. The molecule has 1 aromatic carbocycles. The van der Waals surface area contributed by atoms with Gasteiger partial charge < -0.3 is 14.7 Å². The zero-order chi connectivity index (χ0) is 16.8. The van der Waals surface area contributed by atoms with Gasteiger partial charge in [0, 0.05) is 19.5 Å². The number of rotatable bonds is 6. The minimum absolute atomic E-state index is 0.142. The van der Waals surface area contributed by atoms with Crippen molar-refractivity contribution in [3.05, 3.63) is 29.8 Å². The fraction of sp³-hybridized carbons (Fsp3) is 0.556. The number of aliphatic carboxylic acids is 1. The van der Waals surface area contributed by atoms with Gasteiger partial charge in [0.2, 0.25) is 5.91 Å². The molecule has 2 rings (SSSR count). The second-order valence-corrected chi connectivity index (χ2v) is 6.10. The summed E-state index contributed by atoms with van der Waals surface area (Å²) < 4.78 is 5.16. The van der Waals surface area contributed by atoms with Gasteiger partial charge in [-0.3, -0.25) is 9.59 Å². The average molecular weight is 319 g/mol. The van der Waals surface area contributed by atoms with E-state index in [-0.39, 0.29) is 24.2 Å². The minimum Gasteiger partial charge on any atom is -0.497 e. The zero-order valence-corrected chi connectivity index (χ0v) is 13.8. The third kappa shape index (κ3) is 4.47. The van der Waals surface area contributed by atoms with Crippen LogP contribution >= 0.6 is 0 Å². The first-order valence-electron chi connectivity index (χ1n) is 8.19. The van der Waals surface area contributed by atoms with Crippen LogP contribution < -0.4 is 4.74 Å². The van der Waals surface area contributed by atoms with Crippen molar-refractivity contribution in [3.8, 4) is 5.75 Å². The van der Waals surface area contributed by atoms with Gasteiger partial charge in [-0.1, -0.05) is 19.1 Å². The van der Waals surface area contributed by atoms with Crippen LogP contribution in [0.3, 0.4) is 0 Å². The van der Waals surface area contributed by atoms with Gasteiger partial charge in [-0.05, 0) is 42.9 Å². The summed E-state index contributed by atoms with van der Waals surface area (Å²) in [7, 11) is 1.62. The lowest BCUT2D eigenvalue weighted by atomic mass is 9.90. The number of carboxylic acid groups (broad SMARTS) is 1. The first kappa shape index (κ1) is 17.3. The second kappa shape index (κ2) is 7.99. The highest BCUT2D eigenvalue weighted by molar-refractivity contribution is 5.83. The van der Waals surface area contributed by atoms with Crippen LogP contribution in [-0.4, -0.2) is 42.1 Å². The molecular formula is C18H25NO4. The zero-order valence-electron chi connectivity index (χ0n) is 13.8. The molecule has 126 valence electrons. The summed E-state index contributed by atoms with van der Waals surface area (Å²) in [5, 5.41) is 8.87. The van der Waals surface area contributed by atoms with Crippen LogP contribution in [0.15, 0.2) is 24.3 Å². The number of ether oxygens (including phenoxy) is 1. The summed E-state index contributed by atoms with van der Waals surface area (Å²) in [6.07, 6.45) is 2.51. The molecule has 0 spiro atoms. The van der Waals surface area contributed by atoms with E-state index in [0.717, 1.165) is 30.6 Å². The topological polar surface area (TPSA) is 66.8 Å². The minimum atomic E-state index is -0.751. The average Bonchev–Trinajstić information content (AvgIpc) is 2.56. The van der Waals surface area contributed by atoms with Crippen molar-refractivity contribution in [2.75, 3.05) is 20.2 Å². The van der Waals surface area contributed by atoms with Gasteiger partial charge in [0.05, 0.1) is 13.0 Å². The molecule has 0 bridgehead atoms. The molecule has 1 atom stereocenters. The molecule has 0 saturated carbocycles. The third-order valence-corrected chi connectivity index (χ3v) is 4.61. The van der Waals surface area contributed by atoms with Crippen LogP contribution in [0.1, 0.15) is 44.1 Å². The van der Waals surface area contributed by atoms with Gasteiger partial charge in [-0.15, -0.1) is 0 Å². The summed E-state index contributed by atoms with van der Waals surface area (Å²) >= 11 is 0. The lowest BCUT2D eigenvalue weighted by molar-refractivity contribution is -0.139. The van der Waals surface area contributed by atoms with Gasteiger partial charge >= 0.3 is 5.97 Å². The van der Waals surface area contributed by atoms with Gasteiger partial charge in [-0.25, -0.2) is 0 Å². The van der Waals surface area contributed by atoms with Gasteiger partial charge in [0.25, 0.3) is 0 Å². The molecule has 1 unspecified atom stereocenters. The highest BCUT2D eigenvalue weighted by Gasteiger charge is 2.29. The molecular weight excluding hydrogens is 294 g/mol. The highest BCUT2D eigenvalue weighted by Crippen LogP contribution is 2.27. The molecule has 1 aliphatic rings. The number of piperidine rings is 1. The van der Waals surface area contributed by atoms with Gasteiger partial charge in [0.15, 0.2) is 0 Å². The highest BCUT2D eigenvalue weighted by atomic mass is 16.5. The van der Waals surface area contributed by atoms with Crippen LogP contribution in [0.4, 0.5) is 0 Å². The largest absolute Gasteiger partial charge is 0.497 e. The molecule has 1 fully saturated rings. The number of carbonyl (C=O) groups excluding carboxylic acids is 1. The quantitative estimate of drug-likeness (QED) is 0.875. The maximum Gasteiger partial charge on any atom is 0.303 e. The van der Waals surface area contributed by atoms with E-state index in [1.165, 1.54) is 0 Å². The Morgan fingerprint density at radius 3 is 2.35 bits per heavy atom. The summed E-state index contributed by atoms with van der Waals surface area (Å²) in [6.45, 7) is 3.33. The molecule has 5 nitrogen and oxygen atoms in total. The predicted octanol–water partition coefficient (Wildman–Crippen LogP) is 2.90. The SMILES string of the molecule is CCC(C(=O)N1CCC(CC(=O)O)CC1)c1ccc(OC)cc1. The van der Waals surface area contributed by atoms with Gasteiger partial charge in [0.1, 0.15) is 5.75 Å². The van der Waals surface area contributed by atoms with Crippen LogP contribution in [0.25, 0.3) is 0 Å². The number of hydrogen-bond donors (Lipinski definition) is 1. The lowest BCUT2D eigenvalue weighted by Gasteiger charge is -2.33. The van der Waals surface area contributed by atoms with Gasteiger partial charge in [-0.2, -0.15) is 0 Å². The Morgan fingerprint density at radius 2 is 1.87 bits per heavy atom. The van der Waals surface area contributed by atoms with E-state index in [4.69, 9.17) is 9.84 Å². The molecule has 1 N–H and O–H groups in total. The van der Waals surface area contributed by atoms with E-state index < -0.39 is 5.97 Å². The first-order valence-corrected chi connectivity index (χ1v) is 8.19. The molecule has 1 amide bonds. The van der Waals surface area contributed by atoms with Crippen molar-refractivity contribution >= 4 is 11.9 Å². The Morgan fingerprint density at radius 1 is 1.26 bits per heavy atom. The number of nitrogens with zero attached hydrogens (tertiary/aromatic N) is 1. The van der Waals surface area contributed by atoms with Crippen LogP contribution in [-0.2, 0) is 9.59 Å². The molecule has 1 heterocycles. The number of carboxylic acids is 1. The molecule has 5 heteroatoms. The Labute approximate surface area is 137 Å². The Bertz CT molecular complexity index is 532. The number of benzene rings is 1. The van der Waals surface area contributed by atoms with Crippen molar-refractivity contribution in [1.29, 1.82) is 0 Å². The summed E-state index contributed by atoms with van der Waals surface area (Å²) in [4.78, 5) is 25.5. The number of amides is 1. The van der Waals surface area contributed by atoms with E-state index in [1.807, 2.05) is 36.1 Å². The molecule has 0 aliphatic carbocycles. The maximum absolute atomic E-state index is 12.8. The Hall–Kier alpha value is -2.04. The number of methoxy groups -OCH3 is 1. The molecule has 0 aromatic heterocycles. The standard InChI is InChI=1S/C18H25NO4/c1-3-16(14-4-6-15(23-2)7-5-14)18(22)19-10-8-13(9-11-19)12-17(20)21/h4-7,13,16H,3,8-12H2,1-2H3,(H,20,21). The third-order valence-electron chi connectivity index (χ3n) is 4.61. The second-order valence-electron chi connectivity index (χ2n) is 6.10.